The summed E-state index contributed by atoms with van der Waals surface area (Å²) in [7, 11) is 0. The van der Waals surface area contributed by atoms with Crippen LogP contribution in [0.1, 0.15) is 26.7 Å². The number of aromatic nitrogens is 1. The molecule has 3 heteroatoms. The zero-order chi connectivity index (χ0) is 13.5. The molecule has 3 nitrogen and oxygen atoms in total. The first kappa shape index (κ1) is 12.4. The van der Waals surface area contributed by atoms with Gasteiger partial charge in [-0.25, -0.2) is 0 Å². The first-order chi connectivity index (χ1) is 9.15. The predicted molar refractivity (Wildman–Crippen MR) is 77.1 cm³/mol. The lowest BCUT2D eigenvalue weighted by molar-refractivity contribution is -0.0553. The molecule has 0 saturated heterocycles. The second kappa shape index (κ2) is 4.49. The summed E-state index contributed by atoms with van der Waals surface area (Å²) in [6.07, 6.45) is 3.96. The Kier molecular flexibility index (Phi) is 2.94. The fourth-order valence-corrected chi connectivity index (χ4v) is 2.84. The van der Waals surface area contributed by atoms with Crippen molar-refractivity contribution in [1.82, 2.24) is 4.98 Å². The Morgan fingerprint density at radius 1 is 1.37 bits per heavy atom. The van der Waals surface area contributed by atoms with Crippen LogP contribution in [0.15, 0.2) is 36.5 Å². The van der Waals surface area contributed by atoms with Gasteiger partial charge in [0.05, 0.1) is 0 Å². The molecule has 1 heterocycles. The highest BCUT2D eigenvalue weighted by atomic mass is 16.5. The van der Waals surface area contributed by atoms with Gasteiger partial charge in [-0.2, -0.15) is 0 Å². The van der Waals surface area contributed by atoms with E-state index < -0.39 is 0 Å². The van der Waals surface area contributed by atoms with E-state index in [0.29, 0.717) is 0 Å². The number of ether oxygens (including phenoxy) is 1. The van der Waals surface area contributed by atoms with Crippen LogP contribution >= 0.6 is 0 Å². The van der Waals surface area contributed by atoms with Crippen LogP contribution in [-0.2, 0) is 0 Å². The summed E-state index contributed by atoms with van der Waals surface area (Å²) < 4.78 is 6.20. The Morgan fingerprint density at radius 2 is 2.16 bits per heavy atom. The van der Waals surface area contributed by atoms with Gasteiger partial charge in [-0.1, -0.05) is 32.0 Å². The van der Waals surface area contributed by atoms with Gasteiger partial charge in [-0.15, -0.1) is 0 Å². The van der Waals surface area contributed by atoms with Crippen LogP contribution in [0, 0.1) is 5.41 Å². The highest BCUT2D eigenvalue weighted by molar-refractivity contribution is 5.84. The molecule has 1 aromatic carbocycles. The zero-order valence-electron chi connectivity index (χ0n) is 11.5. The van der Waals surface area contributed by atoms with Gasteiger partial charge in [0.1, 0.15) is 17.4 Å². The highest BCUT2D eigenvalue weighted by Crippen LogP contribution is 2.45. The van der Waals surface area contributed by atoms with E-state index in [9.17, 15) is 0 Å². The maximum Gasteiger partial charge on any atom is 0.145 e. The molecule has 0 aliphatic heterocycles. The smallest absolute Gasteiger partial charge is 0.145 e. The minimum absolute atomic E-state index is 0.0803. The van der Waals surface area contributed by atoms with Crippen LogP contribution in [0.4, 0.5) is 0 Å². The number of fused-ring (bicyclic) bond motifs is 1. The molecule has 2 aromatic rings. The van der Waals surface area contributed by atoms with Crippen LogP contribution < -0.4 is 10.5 Å². The Balaban J connectivity index is 1.91. The molecule has 1 aliphatic rings. The zero-order valence-corrected chi connectivity index (χ0v) is 11.5. The third kappa shape index (κ3) is 1.89. The summed E-state index contributed by atoms with van der Waals surface area (Å²) in [6, 6.07) is 10.3. The number of benzene rings is 1. The summed E-state index contributed by atoms with van der Waals surface area (Å²) in [4.78, 5) is 4.43. The molecular weight excluding hydrogens is 236 g/mol. The predicted octanol–water partition coefficient (Wildman–Crippen LogP) is 3.13. The van der Waals surface area contributed by atoms with E-state index in [2.05, 4.69) is 31.0 Å². The molecule has 1 aromatic heterocycles. The van der Waals surface area contributed by atoms with Gasteiger partial charge in [0, 0.05) is 29.5 Å². The van der Waals surface area contributed by atoms with Crippen molar-refractivity contribution in [1.29, 1.82) is 0 Å². The Labute approximate surface area is 113 Å². The van der Waals surface area contributed by atoms with E-state index in [0.717, 1.165) is 29.5 Å². The summed E-state index contributed by atoms with van der Waals surface area (Å²) in [5, 5.41) is 1.11. The van der Waals surface area contributed by atoms with Crippen molar-refractivity contribution in [3.8, 4) is 5.75 Å². The summed E-state index contributed by atoms with van der Waals surface area (Å²) >= 11 is 0. The molecule has 0 spiro atoms. The summed E-state index contributed by atoms with van der Waals surface area (Å²) in [6.45, 7) is 4.39. The number of hydrogen-bond donors (Lipinski definition) is 1. The van der Waals surface area contributed by atoms with E-state index >= 15 is 0 Å². The molecule has 1 saturated carbocycles. The fraction of sp³-hybridized carbons (Fsp3) is 0.438. The fourth-order valence-electron chi connectivity index (χ4n) is 2.84. The minimum atomic E-state index is 0.0803. The molecule has 19 heavy (non-hydrogen) atoms. The van der Waals surface area contributed by atoms with E-state index in [4.69, 9.17) is 10.5 Å². The third-order valence-corrected chi connectivity index (χ3v) is 4.68. The first-order valence-corrected chi connectivity index (χ1v) is 6.91. The highest BCUT2D eigenvalue weighted by Gasteiger charge is 2.50. The molecule has 3 atom stereocenters. The number of nitrogens with zero attached hydrogens (tertiary/aromatic N) is 1. The van der Waals surface area contributed by atoms with Crippen molar-refractivity contribution >= 4 is 10.9 Å². The summed E-state index contributed by atoms with van der Waals surface area (Å²) in [5.41, 5.74) is 7.14. The van der Waals surface area contributed by atoms with Crippen LogP contribution in [0.5, 0.6) is 5.75 Å². The topological polar surface area (TPSA) is 48.1 Å². The number of pyridine rings is 1. The van der Waals surface area contributed by atoms with Crippen molar-refractivity contribution in [2.45, 2.75) is 38.8 Å². The van der Waals surface area contributed by atoms with Gasteiger partial charge < -0.3 is 10.5 Å². The second-order valence-corrected chi connectivity index (χ2v) is 5.64. The van der Waals surface area contributed by atoms with Crippen molar-refractivity contribution in [3.05, 3.63) is 36.5 Å². The lowest BCUT2D eigenvalue weighted by Gasteiger charge is -2.51. The van der Waals surface area contributed by atoms with Crippen molar-refractivity contribution in [2.75, 3.05) is 0 Å². The van der Waals surface area contributed by atoms with Crippen molar-refractivity contribution in [3.63, 3.8) is 0 Å². The van der Waals surface area contributed by atoms with Crippen LogP contribution in [0.3, 0.4) is 0 Å². The molecule has 100 valence electrons. The number of hydrogen-bond acceptors (Lipinski definition) is 3. The second-order valence-electron chi connectivity index (χ2n) is 5.64. The standard InChI is InChI=1S/C16H20N2O/c1-3-16(2)13(17)10-14(16)19-12-8-4-6-11-7-5-9-18-15(11)12/h4-9,13-14H,3,10,17H2,1-2H3. The SMILES string of the molecule is CCC1(C)C(N)CC1Oc1cccc2cccnc12. The molecular formula is C16H20N2O. The Morgan fingerprint density at radius 3 is 2.89 bits per heavy atom. The Hall–Kier alpha value is -1.61. The van der Waals surface area contributed by atoms with Gasteiger partial charge in [0.2, 0.25) is 0 Å². The third-order valence-electron chi connectivity index (χ3n) is 4.68. The molecule has 1 aliphatic carbocycles. The van der Waals surface area contributed by atoms with Gasteiger partial charge in [-0.3, -0.25) is 4.98 Å². The lowest BCUT2D eigenvalue weighted by atomic mass is 9.62. The van der Waals surface area contributed by atoms with Crippen LogP contribution in [0.25, 0.3) is 10.9 Å². The van der Waals surface area contributed by atoms with E-state index in [1.54, 1.807) is 6.20 Å². The number of nitrogens with two attached hydrogens (primary N) is 1. The van der Waals surface area contributed by atoms with Crippen LogP contribution in [-0.4, -0.2) is 17.1 Å². The molecule has 0 radical (unpaired) electrons. The quantitative estimate of drug-likeness (QED) is 0.917. The maximum atomic E-state index is 6.20. The molecule has 2 N–H and O–H groups in total. The van der Waals surface area contributed by atoms with Crippen molar-refractivity contribution < 1.29 is 4.74 Å². The van der Waals surface area contributed by atoms with Crippen molar-refractivity contribution in [2.24, 2.45) is 11.1 Å². The number of para-hydroxylation sites is 1. The van der Waals surface area contributed by atoms with Gasteiger partial charge in [-0.05, 0) is 18.6 Å². The van der Waals surface area contributed by atoms with Gasteiger partial charge >= 0.3 is 0 Å². The minimum Gasteiger partial charge on any atom is -0.487 e. The lowest BCUT2D eigenvalue weighted by Crippen LogP contribution is -2.61. The average Bonchev–Trinajstić information content (AvgIpc) is 2.46. The maximum absolute atomic E-state index is 6.20. The summed E-state index contributed by atoms with van der Waals surface area (Å²) in [5.74, 6) is 0.870. The largest absolute Gasteiger partial charge is 0.487 e. The average molecular weight is 256 g/mol. The van der Waals surface area contributed by atoms with E-state index in [-0.39, 0.29) is 17.6 Å². The molecule has 1 fully saturated rings. The van der Waals surface area contributed by atoms with Gasteiger partial charge in [0.15, 0.2) is 0 Å². The monoisotopic (exact) mass is 256 g/mol. The first-order valence-electron chi connectivity index (χ1n) is 6.91. The molecule has 0 bridgehead atoms. The molecule has 3 rings (SSSR count). The van der Waals surface area contributed by atoms with Crippen LogP contribution in [0.2, 0.25) is 0 Å². The number of rotatable bonds is 3. The van der Waals surface area contributed by atoms with E-state index in [1.807, 2.05) is 18.2 Å². The Bertz CT molecular complexity index is 593. The van der Waals surface area contributed by atoms with E-state index in [1.165, 1.54) is 0 Å². The molecule has 3 unspecified atom stereocenters. The molecule has 0 amide bonds. The van der Waals surface area contributed by atoms with Gasteiger partial charge in [0.25, 0.3) is 0 Å². The normalized spacial score (nSPS) is 30.1.